The van der Waals surface area contributed by atoms with Crippen LogP contribution < -0.4 is 10.1 Å². The Morgan fingerprint density at radius 2 is 2.20 bits per heavy atom. The van der Waals surface area contributed by atoms with E-state index in [4.69, 9.17) is 4.74 Å². The Morgan fingerprint density at radius 1 is 1.32 bits per heavy atom. The zero-order valence-corrected chi connectivity index (χ0v) is 15.6. The number of amides is 1. The van der Waals surface area contributed by atoms with Gasteiger partial charge < -0.3 is 10.1 Å². The van der Waals surface area contributed by atoms with Crippen molar-refractivity contribution >= 4 is 17.2 Å². The molecule has 1 atom stereocenters. The summed E-state index contributed by atoms with van der Waals surface area (Å²) < 4.78 is 6.22. The quantitative estimate of drug-likeness (QED) is 0.818. The summed E-state index contributed by atoms with van der Waals surface area (Å²) in [6, 6.07) is 12.2. The number of hydrogen-bond acceptors (Lipinski definition) is 4. The first-order valence-corrected chi connectivity index (χ1v) is 9.88. The fraction of sp³-hybridized carbons (Fsp3) is 0.450. The first-order valence-electron chi connectivity index (χ1n) is 9.00. The van der Waals surface area contributed by atoms with Gasteiger partial charge in [0, 0.05) is 23.5 Å². The number of carbonyl (C=O) groups excluding carboxylic acids is 1. The molecular formula is C20H26N2O2S. The van der Waals surface area contributed by atoms with Crippen LogP contribution in [0.25, 0.3) is 0 Å². The fourth-order valence-electron chi connectivity index (χ4n) is 3.12. The predicted octanol–water partition coefficient (Wildman–Crippen LogP) is 3.82. The van der Waals surface area contributed by atoms with Gasteiger partial charge in [-0.2, -0.15) is 0 Å². The van der Waals surface area contributed by atoms with E-state index in [9.17, 15) is 4.79 Å². The summed E-state index contributed by atoms with van der Waals surface area (Å²) in [4.78, 5) is 15.7. The average Bonchev–Trinajstić information content (AvgIpc) is 3.06. The number of fused-ring (bicyclic) bond motifs is 1. The Balaban J connectivity index is 1.61. The molecule has 134 valence electrons. The van der Waals surface area contributed by atoms with Gasteiger partial charge in [-0.05, 0) is 30.4 Å². The third-order valence-electron chi connectivity index (χ3n) is 4.41. The Kier molecular flexibility index (Phi) is 6.48. The van der Waals surface area contributed by atoms with Crippen LogP contribution in [0.15, 0.2) is 41.8 Å². The number of carbonyl (C=O) groups is 1. The molecule has 0 spiro atoms. The van der Waals surface area contributed by atoms with Gasteiger partial charge in [0.15, 0.2) is 0 Å². The smallest absolute Gasteiger partial charge is 0.234 e. The number of unbranched alkanes of at least 4 members (excludes halogenated alkanes) is 1. The molecule has 1 amide bonds. The van der Waals surface area contributed by atoms with Gasteiger partial charge in [-0.25, -0.2) is 0 Å². The molecule has 25 heavy (non-hydrogen) atoms. The van der Waals surface area contributed by atoms with Crippen LogP contribution >= 0.6 is 11.3 Å². The minimum atomic E-state index is 0.0713. The van der Waals surface area contributed by atoms with Crippen LogP contribution in [-0.2, 0) is 17.9 Å². The van der Waals surface area contributed by atoms with Crippen LogP contribution in [-0.4, -0.2) is 30.0 Å². The van der Waals surface area contributed by atoms with E-state index in [2.05, 4.69) is 23.2 Å². The lowest BCUT2D eigenvalue weighted by Crippen LogP contribution is -2.40. The monoisotopic (exact) mass is 358 g/mol. The Morgan fingerprint density at radius 3 is 3.00 bits per heavy atom. The molecule has 2 heterocycles. The van der Waals surface area contributed by atoms with Gasteiger partial charge in [0.25, 0.3) is 0 Å². The number of thiophene rings is 1. The molecule has 1 aliphatic heterocycles. The summed E-state index contributed by atoms with van der Waals surface area (Å²) in [6.07, 6.45) is 3.47. The van der Waals surface area contributed by atoms with E-state index in [0.717, 1.165) is 43.7 Å². The molecule has 0 unspecified atom stereocenters. The summed E-state index contributed by atoms with van der Waals surface area (Å²) in [5.41, 5.74) is 1.16. The average molecular weight is 359 g/mol. The van der Waals surface area contributed by atoms with Crippen molar-refractivity contribution in [2.45, 2.75) is 45.4 Å². The molecule has 1 aromatic carbocycles. The Bertz CT molecular complexity index is 672. The molecule has 3 rings (SSSR count). The lowest BCUT2D eigenvalue weighted by molar-refractivity contribution is -0.122. The predicted molar refractivity (Wildman–Crippen MR) is 102 cm³/mol. The van der Waals surface area contributed by atoms with Crippen molar-refractivity contribution in [3.8, 4) is 5.75 Å². The number of nitrogens with one attached hydrogen (secondary N) is 1. The number of nitrogens with zero attached hydrogens (tertiary/aromatic N) is 1. The second kappa shape index (κ2) is 9.02. The van der Waals surface area contributed by atoms with Crippen molar-refractivity contribution in [3.63, 3.8) is 0 Å². The molecule has 2 aromatic rings. The third-order valence-corrected chi connectivity index (χ3v) is 5.29. The molecule has 1 N–H and O–H groups in total. The zero-order chi connectivity index (χ0) is 17.5. The van der Waals surface area contributed by atoms with Gasteiger partial charge in [0.2, 0.25) is 5.91 Å². The maximum absolute atomic E-state index is 12.4. The van der Waals surface area contributed by atoms with Crippen molar-refractivity contribution in [3.05, 3.63) is 52.2 Å². The van der Waals surface area contributed by atoms with Crippen molar-refractivity contribution in [1.29, 1.82) is 0 Å². The van der Waals surface area contributed by atoms with Crippen LogP contribution in [0.4, 0.5) is 0 Å². The summed E-state index contributed by atoms with van der Waals surface area (Å²) in [5.74, 6) is 1.03. The minimum absolute atomic E-state index is 0.0713. The molecule has 4 nitrogen and oxygen atoms in total. The second-order valence-corrected chi connectivity index (χ2v) is 7.55. The van der Waals surface area contributed by atoms with Crippen LogP contribution in [0.1, 0.15) is 36.6 Å². The maximum Gasteiger partial charge on any atom is 0.234 e. The van der Waals surface area contributed by atoms with Gasteiger partial charge in [0.05, 0.1) is 13.1 Å². The molecule has 1 aliphatic rings. The second-order valence-electron chi connectivity index (χ2n) is 6.52. The highest BCUT2D eigenvalue weighted by Crippen LogP contribution is 2.26. The highest BCUT2D eigenvalue weighted by molar-refractivity contribution is 7.09. The molecule has 0 bridgehead atoms. The summed E-state index contributed by atoms with van der Waals surface area (Å²) in [5, 5.41) is 5.05. The van der Waals surface area contributed by atoms with E-state index in [1.54, 1.807) is 11.3 Å². The Labute approximate surface area is 153 Å². The third kappa shape index (κ3) is 5.31. The summed E-state index contributed by atoms with van der Waals surface area (Å²) in [6.45, 7) is 4.76. The van der Waals surface area contributed by atoms with E-state index in [1.807, 2.05) is 35.7 Å². The largest absolute Gasteiger partial charge is 0.489 e. The maximum atomic E-state index is 12.4. The lowest BCUT2D eigenvalue weighted by atomic mass is 10.1. The van der Waals surface area contributed by atoms with Crippen molar-refractivity contribution in [2.75, 3.05) is 13.1 Å². The van der Waals surface area contributed by atoms with E-state index in [-0.39, 0.29) is 12.0 Å². The van der Waals surface area contributed by atoms with E-state index < -0.39 is 0 Å². The molecule has 0 radical (unpaired) electrons. The summed E-state index contributed by atoms with van der Waals surface area (Å²) in [7, 11) is 0. The van der Waals surface area contributed by atoms with Crippen LogP contribution in [0.2, 0.25) is 0 Å². The lowest BCUT2D eigenvalue weighted by Gasteiger charge is -2.23. The van der Waals surface area contributed by atoms with E-state index >= 15 is 0 Å². The van der Waals surface area contributed by atoms with Crippen molar-refractivity contribution < 1.29 is 9.53 Å². The SMILES string of the molecule is CCCC[C@@H]1CN(CC(=O)NCc2cccs2)Cc2ccccc2O1. The first-order chi connectivity index (χ1) is 12.2. The highest BCUT2D eigenvalue weighted by Gasteiger charge is 2.23. The number of ether oxygens (including phenoxy) is 1. The molecule has 1 aromatic heterocycles. The molecule has 0 aliphatic carbocycles. The zero-order valence-electron chi connectivity index (χ0n) is 14.7. The fourth-order valence-corrected chi connectivity index (χ4v) is 3.76. The van der Waals surface area contributed by atoms with Gasteiger partial charge in [0.1, 0.15) is 11.9 Å². The van der Waals surface area contributed by atoms with Crippen LogP contribution in [0.3, 0.4) is 0 Å². The van der Waals surface area contributed by atoms with Gasteiger partial charge >= 0.3 is 0 Å². The molecule has 0 saturated heterocycles. The number of hydrogen-bond donors (Lipinski definition) is 1. The molecule has 5 heteroatoms. The number of rotatable bonds is 7. The van der Waals surface area contributed by atoms with Gasteiger partial charge in [-0.1, -0.05) is 37.6 Å². The Hall–Kier alpha value is -1.85. The van der Waals surface area contributed by atoms with Gasteiger partial charge in [-0.15, -0.1) is 11.3 Å². The molecule has 0 fully saturated rings. The molecular weight excluding hydrogens is 332 g/mol. The highest BCUT2D eigenvalue weighted by atomic mass is 32.1. The van der Waals surface area contributed by atoms with Crippen LogP contribution in [0, 0.1) is 0 Å². The standard InChI is InChI=1S/C20H26N2O2S/c1-2-3-8-17-14-22(13-16-7-4-5-10-19(16)24-17)15-20(23)21-12-18-9-6-11-25-18/h4-7,9-11,17H,2-3,8,12-15H2,1H3,(H,21,23)/t17-/m1/s1. The number of para-hydroxylation sites is 1. The topological polar surface area (TPSA) is 41.6 Å². The minimum Gasteiger partial charge on any atom is -0.489 e. The number of benzene rings is 1. The van der Waals surface area contributed by atoms with E-state index in [1.165, 1.54) is 4.88 Å². The molecule has 0 saturated carbocycles. The first kappa shape index (κ1) is 18.0. The van der Waals surface area contributed by atoms with Crippen molar-refractivity contribution in [1.82, 2.24) is 10.2 Å². The van der Waals surface area contributed by atoms with Crippen LogP contribution in [0.5, 0.6) is 5.75 Å². The summed E-state index contributed by atoms with van der Waals surface area (Å²) >= 11 is 1.67. The normalized spacial score (nSPS) is 17.4. The van der Waals surface area contributed by atoms with E-state index in [0.29, 0.717) is 13.1 Å². The van der Waals surface area contributed by atoms with Crippen molar-refractivity contribution in [2.24, 2.45) is 0 Å². The van der Waals surface area contributed by atoms with Gasteiger partial charge in [-0.3, -0.25) is 9.69 Å².